The van der Waals surface area contributed by atoms with E-state index in [4.69, 9.17) is 19.2 Å². The number of halogens is 1. The molecule has 0 spiro atoms. The molecule has 3 aromatic carbocycles. The third kappa shape index (κ3) is 6.59. The fourth-order valence-corrected chi connectivity index (χ4v) is 5.21. The van der Waals surface area contributed by atoms with Crippen molar-refractivity contribution in [3.8, 4) is 17.2 Å². The standard InChI is InChI=1S/C28H29N3O4S.ClH/c1-33-22-12-13-24-26(20-22)36-28(29-24)31(15-7-14-30-16-18-34-19-17-30)27(32)23-10-5-6-11-25(23)35-21-8-3-2-4-9-21;/h2-6,8-13,20H,7,14-19H2,1H3;1H. The van der Waals surface area contributed by atoms with Gasteiger partial charge < -0.3 is 14.2 Å². The second-order valence-corrected chi connectivity index (χ2v) is 9.51. The second kappa shape index (κ2) is 12.9. The topological polar surface area (TPSA) is 64.1 Å². The van der Waals surface area contributed by atoms with Crippen LogP contribution in [0.1, 0.15) is 16.8 Å². The number of para-hydroxylation sites is 2. The molecule has 0 atom stereocenters. The molecule has 1 aliphatic rings. The van der Waals surface area contributed by atoms with Crippen LogP contribution in [0.5, 0.6) is 17.2 Å². The predicted octanol–water partition coefficient (Wildman–Crippen LogP) is 5.89. The van der Waals surface area contributed by atoms with Gasteiger partial charge in [0.1, 0.15) is 17.2 Å². The summed E-state index contributed by atoms with van der Waals surface area (Å²) in [5.74, 6) is 1.84. The second-order valence-electron chi connectivity index (χ2n) is 8.51. The molecule has 2 heterocycles. The lowest BCUT2D eigenvalue weighted by molar-refractivity contribution is 0.0376. The van der Waals surface area contributed by atoms with Crippen molar-refractivity contribution in [2.24, 2.45) is 0 Å². The number of methoxy groups -OCH3 is 1. The fraction of sp³-hybridized carbons (Fsp3) is 0.286. The number of hydrogen-bond donors (Lipinski definition) is 0. The van der Waals surface area contributed by atoms with Crippen LogP contribution in [0.4, 0.5) is 5.13 Å². The molecule has 1 fully saturated rings. The van der Waals surface area contributed by atoms with Crippen LogP contribution in [-0.4, -0.2) is 62.3 Å². The molecule has 1 aliphatic heterocycles. The lowest BCUT2D eigenvalue weighted by Crippen LogP contribution is -2.39. The van der Waals surface area contributed by atoms with Crippen molar-refractivity contribution in [1.29, 1.82) is 0 Å². The van der Waals surface area contributed by atoms with E-state index in [0.717, 1.165) is 55.2 Å². The van der Waals surface area contributed by atoms with Crippen molar-refractivity contribution in [3.05, 3.63) is 78.4 Å². The van der Waals surface area contributed by atoms with Crippen molar-refractivity contribution in [1.82, 2.24) is 9.88 Å². The zero-order valence-corrected chi connectivity index (χ0v) is 22.3. The molecule has 0 unspecified atom stereocenters. The molecule has 0 aliphatic carbocycles. The summed E-state index contributed by atoms with van der Waals surface area (Å²) in [6.45, 7) is 4.80. The molecule has 5 rings (SSSR count). The monoisotopic (exact) mass is 539 g/mol. The first kappa shape index (κ1) is 26.9. The molecule has 1 saturated heterocycles. The molecule has 194 valence electrons. The number of fused-ring (bicyclic) bond motifs is 1. The van der Waals surface area contributed by atoms with Gasteiger partial charge in [0, 0.05) is 26.2 Å². The van der Waals surface area contributed by atoms with Gasteiger partial charge in [-0.25, -0.2) is 4.98 Å². The van der Waals surface area contributed by atoms with Gasteiger partial charge in [-0.05, 0) is 48.9 Å². The van der Waals surface area contributed by atoms with Gasteiger partial charge in [0.25, 0.3) is 5.91 Å². The number of rotatable bonds is 9. The molecule has 9 heteroatoms. The highest BCUT2D eigenvalue weighted by molar-refractivity contribution is 7.22. The number of anilines is 1. The number of benzene rings is 3. The third-order valence-corrected chi connectivity index (χ3v) is 7.15. The lowest BCUT2D eigenvalue weighted by atomic mass is 10.1. The molecule has 0 bridgehead atoms. The number of thiazole rings is 1. The predicted molar refractivity (Wildman–Crippen MR) is 150 cm³/mol. The number of aromatic nitrogens is 1. The van der Waals surface area contributed by atoms with E-state index in [0.29, 0.717) is 28.7 Å². The summed E-state index contributed by atoms with van der Waals surface area (Å²) in [5, 5.41) is 0.666. The van der Waals surface area contributed by atoms with Gasteiger partial charge in [-0.15, -0.1) is 12.4 Å². The summed E-state index contributed by atoms with van der Waals surface area (Å²) in [6.07, 6.45) is 0.826. The van der Waals surface area contributed by atoms with E-state index in [1.807, 2.05) is 72.8 Å². The van der Waals surface area contributed by atoms with Crippen LogP contribution in [0, 0.1) is 0 Å². The Hall–Kier alpha value is -3.17. The Morgan fingerprint density at radius 1 is 1.03 bits per heavy atom. The van der Waals surface area contributed by atoms with Crippen LogP contribution in [0.15, 0.2) is 72.8 Å². The van der Waals surface area contributed by atoms with Crippen LogP contribution in [0.25, 0.3) is 10.2 Å². The highest BCUT2D eigenvalue weighted by Crippen LogP contribution is 2.34. The Bertz CT molecular complexity index is 1310. The summed E-state index contributed by atoms with van der Waals surface area (Å²) in [6, 6.07) is 22.7. The molecule has 1 aromatic heterocycles. The van der Waals surface area contributed by atoms with Crippen molar-refractivity contribution in [2.75, 3.05) is 51.4 Å². The van der Waals surface area contributed by atoms with Crippen LogP contribution < -0.4 is 14.4 Å². The molecule has 1 amide bonds. The molecular formula is C28H30ClN3O4S. The molecule has 0 radical (unpaired) electrons. The van der Waals surface area contributed by atoms with Crippen LogP contribution in [0.2, 0.25) is 0 Å². The summed E-state index contributed by atoms with van der Waals surface area (Å²) < 4.78 is 17.9. The highest BCUT2D eigenvalue weighted by atomic mass is 35.5. The van der Waals surface area contributed by atoms with E-state index in [2.05, 4.69) is 4.90 Å². The van der Waals surface area contributed by atoms with Gasteiger partial charge in [-0.2, -0.15) is 0 Å². The molecule has 4 aromatic rings. The number of ether oxygens (including phenoxy) is 3. The largest absolute Gasteiger partial charge is 0.497 e. The number of carbonyl (C=O) groups excluding carboxylic acids is 1. The van der Waals surface area contributed by atoms with Crippen molar-refractivity contribution in [2.45, 2.75) is 6.42 Å². The van der Waals surface area contributed by atoms with Gasteiger partial charge in [-0.1, -0.05) is 41.7 Å². The number of nitrogens with zero attached hydrogens (tertiary/aromatic N) is 3. The van der Waals surface area contributed by atoms with E-state index in [9.17, 15) is 4.79 Å². The van der Waals surface area contributed by atoms with Crippen molar-refractivity contribution < 1.29 is 19.0 Å². The first-order valence-corrected chi connectivity index (χ1v) is 12.9. The van der Waals surface area contributed by atoms with Crippen LogP contribution in [-0.2, 0) is 4.74 Å². The number of carbonyl (C=O) groups is 1. The molecule has 0 saturated carbocycles. The molecule has 0 N–H and O–H groups in total. The Morgan fingerprint density at radius 2 is 1.78 bits per heavy atom. The van der Waals surface area contributed by atoms with Crippen molar-refractivity contribution >= 4 is 45.0 Å². The maximum absolute atomic E-state index is 14.0. The van der Waals surface area contributed by atoms with Gasteiger partial charge in [-0.3, -0.25) is 14.6 Å². The summed E-state index contributed by atoms with van der Waals surface area (Å²) in [5.41, 5.74) is 1.35. The minimum absolute atomic E-state index is 0. The normalized spacial score (nSPS) is 13.6. The van der Waals surface area contributed by atoms with E-state index in [1.165, 1.54) is 11.3 Å². The highest BCUT2D eigenvalue weighted by Gasteiger charge is 2.25. The fourth-order valence-electron chi connectivity index (χ4n) is 4.19. The van der Waals surface area contributed by atoms with E-state index >= 15 is 0 Å². The van der Waals surface area contributed by atoms with Gasteiger partial charge in [0.05, 0.1) is 36.1 Å². The minimum Gasteiger partial charge on any atom is -0.497 e. The molecule has 7 nitrogen and oxygen atoms in total. The SMILES string of the molecule is COc1ccc2nc(N(CCCN3CCOCC3)C(=O)c3ccccc3Oc3ccccc3)sc2c1.Cl. The quantitative estimate of drug-likeness (QED) is 0.264. The van der Waals surface area contributed by atoms with Crippen LogP contribution >= 0.6 is 23.7 Å². The van der Waals surface area contributed by atoms with Crippen LogP contribution in [0.3, 0.4) is 0 Å². The average Bonchev–Trinajstić information content (AvgIpc) is 3.35. The number of hydrogen-bond acceptors (Lipinski definition) is 7. The summed E-state index contributed by atoms with van der Waals surface area (Å²) in [7, 11) is 1.65. The summed E-state index contributed by atoms with van der Waals surface area (Å²) >= 11 is 1.49. The van der Waals surface area contributed by atoms with Gasteiger partial charge in [0.2, 0.25) is 0 Å². The van der Waals surface area contributed by atoms with Crippen molar-refractivity contribution in [3.63, 3.8) is 0 Å². The molecular weight excluding hydrogens is 510 g/mol. The number of morpholine rings is 1. The number of amides is 1. The zero-order chi connectivity index (χ0) is 24.7. The first-order chi connectivity index (χ1) is 17.7. The van der Waals surface area contributed by atoms with E-state index in [1.54, 1.807) is 12.0 Å². The maximum Gasteiger partial charge on any atom is 0.263 e. The van der Waals surface area contributed by atoms with Gasteiger partial charge >= 0.3 is 0 Å². The smallest absolute Gasteiger partial charge is 0.263 e. The Labute approximate surface area is 227 Å². The zero-order valence-electron chi connectivity index (χ0n) is 20.7. The van der Waals surface area contributed by atoms with Gasteiger partial charge in [0.15, 0.2) is 5.13 Å². The lowest BCUT2D eigenvalue weighted by Gasteiger charge is -2.28. The third-order valence-electron chi connectivity index (χ3n) is 6.11. The minimum atomic E-state index is -0.130. The van der Waals surface area contributed by atoms with E-state index < -0.39 is 0 Å². The average molecular weight is 540 g/mol. The molecule has 37 heavy (non-hydrogen) atoms. The maximum atomic E-state index is 14.0. The summed E-state index contributed by atoms with van der Waals surface area (Å²) in [4.78, 5) is 23.0. The Morgan fingerprint density at radius 3 is 2.57 bits per heavy atom. The Kier molecular flexibility index (Phi) is 9.35. The van der Waals surface area contributed by atoms with E-state index in [-0.39, 0.29) is 18.3 Å². The first-order valence-electron chi connectivity index (χ1n) is 12.1. The Balaban J connectivity index is 0.00000320.